The molecule has 0 aliphatic rings. The molecule has 3 nitrogen and oxygen atoms in total. The van der Waals surface area contributed by atoms with Crippen LogP contribution in [0.25, 0.3) is 0 Å². The molecule has 2 N–H and O–H groups in total. The maximum atomic E-state index is 8.54. The molecule has 4 heteroatoms. The van der Waals surface area contributed by atoms with E-state index in [1.54, 1.807) is 0 Å². The first kappa shape index (κ1) is 19.3. The molecule has 0 unspecified atom stereocenters. The summed E-state index contributed by atoms with van der Waals surface area (Å²) in [6.07, 6.45) is 17.2. The first-order valence-corrected chi connectivity index (χ1v) is 9.24. The maximum Gasteiger partial charge on any atom is 0.327 e. The lowest BCUT2D eigenvalue weighted by Gasteiger charge is -2.04. The molecule has 0 amide bonds. The molecular formula is C15H33O3P. The molecule has 0 fully saturated rings. The van der Waals surface area contributed by atoms with Crippen molar-refractivity contribution < 1.29 is 14.3 Å². The van der Waals surface area contributed by atoms with Crippen LogP contribution in [0.2, 0.25) is 0 Å². The largest absolute Gasteiger partial charge is 0.328 e. The van der Waals surface area contributed by atoms with E-state index < -0.39 is 8.60 Å². The minimum Gasteiger partial charge on any atom is -0.328 e. The van der Waals surface area contributed by atoms with Gasteiger partial charge in [0.15, 0.2) is 0 Å². The Kier molecular flexibility index (Phi) is 16.6. The summed E-state index contributed by atoms with van der Waals surface area (Å²) in [6.45, 7) is 2.75. The molecule has 0 saturated carbocycles. The second-order valence-electron chi connectivity index (χ2n) is 5.33. The smallest absolute Gasteiger partial charge is 0.327 e. The van der Waals surface area contributed by atoms with Crippen molar-refractivity contribution in [2.75, 3.05) is 6.61 Å². The van der Waals surface area contributed by atoms with Gasteiger partial charge in [0.25, 0.3) is 0 Å². The van der Waals surface area contributed by atoms with Crippen molar-refractivity contribution in [3.8, 4) is 0 Å². The Hall–Kier alpha value is 0.310. The number of unbranched alkanes of at least 4 members (excludes halogenated alkanes) is 12. The van der Waals surface area contributed by atoms with Gasteiger partial charge in [-0.3, -0.25) is 0 Å². The van der Waals surface area contributed by atoms with Crippen LogP contribution in [0.5, 0.6) is 0 Å². The van der Waals surface area contributed by atoms with E-state index in [4.69, 9.17) is 14.3 Å². The topological polar surface area (TPSA) is 49.7 Å². The summed E-state index contributed by atoms with van der Waals surface area (Å²) in [5.74, 6) is 0. The van der Waals surface area contributed by atoms with Crippen molar-refractivity contribution in [2.24, 2.45) is 0 Å². The monoisotopic (exact) mass is 292 g/mol. The van der Waals surface area contributed by atoms with Gasteiger partial charge in [0.1, 0.15) is 0 Å². The molecule has 0 aromatic carbocycles. The Morgan fingerprint density at radius 1 is 0.632 bits per heavy atom. The highest BCUT2D eigenvalue weighted by atomic mass is 31.2. The van der Waals surface area contributed by atoms with Crippen LogP contribution < -0.4 is 0 Å². The third-order valence-electron chi connectivity index (χ3n) is 3.45. The average Bonchev–Trinajstić information content (AvgIpc) is 2.39. The summed E-state index contributed by atoms with van der Waals surface area (Å²) in [5.41, 5.74) is 0. The first-order valence-electron chi connectivity index (χ1n) is 8.08. The Bertz CT molecular complexity index is 165. The average molecular weight is 292 g/mol. The molecule has 0 aliphatic heterocycles. The highest BCUT2D eigenvalue weighted by Crippen LogP contribution is 2.24. The lowest BCUT2D eigenvalue weighted by atomic mass is 10.0. The Balaban J connectivity index is 2.91. The molecular weight excluding hydrogens is 259 g/mol. The molecule has 0 aromatic heterocycles. The SMILES string of the molecule is CCCCCCCCCCCCCCCOP(O)O. The minimum atomic E-state index is -2.14. The molecule has 0 bridgehead atoms. The number of hydrogen-bond acceptors (Lipinski definition) is 3. The van der Waals surface area contributed by atoms with Gasteiger partial charge >= 0.3 is 8.60 Å². The summed E-state index contributed by atoms with van der Waals surface area (Å²) in [7, 11) is -2.14. The van der Waals surface area contributed by atoms with Crippen LogP contribution in [-0.4, -0.2) is 16.4 Å². The lowest BCUT2D eigenvalue weighted by Crippen LogP contribution is -1.89. The molecule has 116 valence electrons. The number of rotatable bonds is 15. The molecule has 0 heterocycles. The van der Waals surface area contributed by atoms with Gasteiger partial charge in [-0.15, -0.1) is 0 Å². The van der Waals surface area contributed by atoms with Gasteiger partial charge in [-0.1, -0.05) is 84.0 Å². The van der Waals surface area contributed by atoms with Gasteiger partial charge in [-0.25, -0.2) is 0 Å². The van der Waals surface area contributed by atoms with Crippen molar-refractivity contribution in [3.05, 3.63) is 0 Å². The van der Waals surface area contributed by atoms with Crippen LogP contribution in [0.15, 0.2) is 0 Å². The van der Waals surface area contributed by atoms with Crippen LogP contribution in [0.3, 0.4) is 0 Å². The van der Waals surface area contributed by atoms with E-state index in [0.29, 0.717) is 6.61 Å². The van der Waals surface area contributed by atoms with Crippen LogP contribution in [0, 0.1) is 0 Å². The van der Waals surface area contributed by atoms with Crippen molar-refractivity contribution in [1.29, 1.82) is 0 Å². The molecule has 0 aliphatic carbocycles. The zero-order chi connectivity index (χ0) is 14.2. The summed E-state index contributed by atoms with van der Waals surface area (Å²) < 4.78 is 4.72. The van der Waals surface area contributed by atoms with Gasteiger partial charge in [0.05, 0.1) is 6.61 Å². The highest BCUT2D eigenvalue weighted by Gasteiger charge is 1.98. The van der Waals surface area contributed by atoms with Gasteiger partial charge in [0, 0.05) is 0 Å². The molecule has 0 spiro atoms. The predicted molar refractivity (Wildman–Crippen MR) is 83.0 cm³/mol. The quantitative estimate of drug-likeness (QED) is 0.318. The van der Waals surface area contributed by atoms with E-state index in [-0.39, 0.29) is 0 Å². The van der Waals surface area contributed by atoms with Gasteiger partial charge in [0.2, 0.25) is 0 Å². The third-order valence-corrected chi connectivity index (χ3v) is 3.87. The van der Waals surface area contributed by atoms with Crippen LogP contribution in [0.1, 0.15) is 90.4 Å². The van der Waals surface area contributed by atoms with Crippen molar-refractivity contribution in [2.45, 2.75) is 90.4 Å². The van der Waals surface area contributed by atoms with Crippen molar-refractivity contribution in [1.82, 2.24) is 0 Å². The molecule has 0 rings (SSSR count). The summed E-state index contributed by atoms with van der Waals surface area (Å²) in [4.78, 5) is 17.1. The Morgan fingerprint density at radius 3 is 1.37 bits per heavy atom. The Morgan fingerprint density at radius 2 is 1.00 bits per heavy atom. The first-order chi connectivity index (χ1) is 9.27. The fraction of sp³-hybridized carbons (Fsp3) is 1.00. The normalized spacial score (nSPS) is 11.4. The predicted octanol–water partition coefficient (Wildman–Crippen LogP) is 5.31. The maximum absolute atomic E-state index is 8.54. The Labute approximate surface area is 120 Å². The fourth-order valence-corrected chi connectivity index (χ4v) is 2.56. The minimum absolute atomic E-state index is 0.483. The van der Waals surface area contributed by atoms with E-state index in [1.165, 1.54) is 70.6 Å². The molecule has 0 saturated heterocycles. The summed E-state index contributed by atoms with van der Waals surface area (Å²) >= 11 is 0. The van der Waals surface area contributed by atoms with E-state index >= 15 is 0 Å². The molecule has 0 radical (unpaired) electrons. The second kappa shape index (κ2) is 16.4. The lowest BCUT2D eigenvalue weighted by molar-refractivity contribution is 0.248. The molecule has 0 aromatic rings. The van der Waals surface area contributed by atoms with E-state index in [2.05, 4.69) is 6.92 Å². The fourth-order valence-electron chi connectivity index (χ4n) is 2.27. The van der Waals surface area contributed by atoms with Gasteiger partial charge < -0.3 is 14.3 Å². The standard InChI is InChI=1S/C15H33O3P/c1-2-3-4-5-6-7-8-9-10-11-12-13-14-15-18-19(16)17/h16-17H,2-15H2,1H3. The van der Waals surface area contributed by atoms with Crippen molar-refractivity contribution >= 4 is 8.60 Å². The highest BCUT2D eigenvalue weighted by molar-refractivity contribution is 7.39. The van der Waals surface area contributed by atoms with E-state index in [0.717, 1.165) is 12.8 Å². The molecule has 19 heavy (non-hydrogen) atoms. The van der Waals surface area contributed by atoms with Gasteiger partial charge in [-0.2, -0.15) is 0 Å². The van der Waals surface area contributed by atoms with Crippen molar-refractivity contribution in [3.63, 3.8) is 0 Å². The summed E-state index contributed by atoms with van der Waals surface area (Å²) in [5, 5.41) is 0. The van der Waals surface area contributed by atoms with Crippen LogP contribution in [-0.2, 0) is 4.52 Å². The summed E-state index contributed by atoms with van der Waals surface area (Å²) in [6, 6.07) is 0. The third kappa shape index (κ3) is 18.3. The van der Waals surface area contributed by atoms with Crippen LogP contribution in [0.4, 0.5) is 0 Å². The second-order valence-corrected chi connectivity index (χ2v) is 6.09. The van der Waals surface area contributed by atoms with E-state index in [1.807, 2.05) is 0 Å². The van der Waals surface area contributed by atoms with E-state index in [9.17, 15) is 0 Å². The zero-order valence-electron chi connectivity index (χ0n) is 12.6. The number of hydrogen-bond donors (Lipinski definition) is 2. The van der Waals surface area contributed by atoms with Crippen LogP contribution >= 0.6 is 8.60 Å². The van der Waals surface area contributed by atoms with Gasteiger partial charge in [-0.05, 0) is 6.42 Å². The molecule has 0 atom stereocenters. The zero-order valence-corrected chi connectivity index (χ0v) is 13.5.